The molecule has 0 aliphatic rings. The van der Waals surface area contributed by atoms with Crippen LogP contribution in [0.2, 0.25) is 0 Å². The molecular formula is C14H21N3O2S. The minimum atomic E-state index is -0.151. The SMILES string of the molecule is CN(C)CCCNC(=O)COc1ccccc1C(N)=S. The van der Waals surface area contributed by atoms with Gasteiger partial charge in [-0.25, -0.2) is 0 Å². The van der Waals surface area contributed by atoms with Crippen molar-refractivity contribution in [3.8, 4) is 5.75 Å². The molecule has 0 spiro atoms. The van der Waals surface area contributed by atoms with E-state index in [-0.39, 0.29) is 17.5 Å². The highest BCUT2D eigenvalue weighted by atomic mass is 32.1. The first kappa shape index (κ1) is 16.4. The first-order valence-corrected chi connectivity index (χ1v) is 6.84. The standard InChI is InChI=1S/C14H21N3O2S/c1-17(2)9-5-8-16-13(18)10-19-12-7-4-3-6-11(12)14(15)20/h3-4,6-7H,5,8-10H2,1-2H3,(H2,15,20)(H,16,18). The predicted molar refractivity (Wildman–Crippen MR) is 84.0 cm³/mol. The summed E-state index contributed by atoms with van der Waals surface area (Å²) in [7, 11) is 4.00. The number of amides is 1. The molecule has 3 N–H and O–H groups in total. The minimum Gasteiger partial charge on any atom is -0.483 e. The maximum absolute atomic E-state index is 11.6. The molecule has 1 amide bonds. The highest BCUT2D eigenvalue weighted by molar-refractivity contribution is 7.80. The Kier molecular flexibility index (Phi) is 6.97. The summed E-state index contributed by atoms with van der Waals surface area (Å²) in [6.45, 7) is 1.53. The average molecular weight is 295 g/mol. The number of benzene rings is 1. The Balaban J connectivity index is 2.36. The Morgan fingerprint density at radius 1 is 1.40 bits per heavy atom. The van der Waals surface area contributed by atoms with Gasteiger partial charge in [-0.1, -0.05) is 24.4 Å². The van der Waals surface area contributed by atoms with Crippen LogP contribution in [0.5, 0.6) is 5.75 Å². The zero-order valence-corrected chi connectivity index (χ0v) is 12.7. The first-order valence-electron chi connectivity index (χ1n) is 6.43. The number of carbonyl (C=O) groups is 1. The number of ether oxygens (including phenoxy) is 1. The fourth-order valence-corrected chi connectivity index (χ4v) is 1.78. The normalized spacial score (nSPS) is 10.3. The zero-order valence-electron chi connectivity index (χ0n) is 11.9. The summed E-state index contributed by atoms with van der Waals surface area (Å²) in [5, 5.41) is 2.80. The van der Waals surface area contributed by atoms with Gasteiger partial charge >= 0.3 is 0 Å². The van der Waals surface area contributed by atoms with E-state index in [1.54, 1.807) is 12.1 Å². The third-order valence-corrected chi connectivity index (χ3v) is 2.84. The molecule has 0 aromatic heterocycles. The number of hydrogen-bond donors (Lipinski definition) is 2. The lowest BCUT2D eigenvalue weighted by Gasteiger charge is -2.12. The van der Waals surface area contributed by atoms with Crippen LogP contribution in [0.4, 0.5) is 0 Å². The van der Waals surface area contributed by atoms with Gasteiger partial charge in [0.05, 0.1) is 5.56 Å². The van der Waals surface area contributed by atoms with Crippen LogP contribution in [-0.4, -0.2) is 49.6 Å². The second-order valence-electron chi connectivity index (χ2n) is 4.66. The van der Waals surface area contributed by atoms with Crippen molar-refractivity contribution >= 4 is 23.1 Å². The maximum Gasteiger partial charge on any atom is 0.257 e. The number of nitrogens with one attached hydrogen (secondary N) is 1. The van der Waals surface area contributed by atoms with Gasteiger partial charge in [-0.2, -0.15) is 0 Å². The van der Waals surface area contributed by atoms with Gasteiger partial charge in [-0.15, -0.1) is 0 Å². The molecule has 0 radical (unpaired) electrons. The number of para-hydroxylation sites is 1. The average Bonchev–Trinajstić information content (AvgIpc) is 2.41. The van der Waals surface area contributed by atoms with E-state index in [9.17, 15) is 4.79 Å². The van der Waals surface area contributed by atoms with Gasteiger partial charge in [0.15, 0.2) is 6.61 Å². The molecule has 0 aliphatic carbocycles. The third-order valence-electron chi connectivity index (χ3n) is 2.62. The van der Waals surface area contributed by atoms with Crippen molar-refractivity contribution in [2.24, 2.45) is 5.73 Å². The molecule has 0 atom stereocenters. The monoisotopic (exact) mass is 295 g/mol. The van der Waals surface area contributed by atoms with Gasteiger partial charge in [-0.3, -0.25) is 4.79 Å². The Morgan fingerprint density at radius 3 is 2.75 bits per heavy atom. The van der Waals surface area contributed by atoms with Crippen molar-refractivity contribution < 1.29 is 9.53 Å². The molecular weight excluding hydrogens is 274 g/mol. The molecule has 6 heteroatoms. The van der Waals surface area contributed by atoms with Crippen molar-refractivity contribution in [2.75, 3.05) is 33.8 Å². The van der Waals surface area contributed by atoms with E-state index < -0.39 is 0 Å². The van der Waals surface area contributed by atoms with Gasteiger partial charge in [0.2, 0.25) is 0 Å². The van der Waals surface area contributed by atoms with Gasteiger partial charge in [-0.05, 0) is 39.2 Å². The van der Waals surface area contributed by atoms with Crippen LogP contribution >= 0.6 is 12.2 Å². The highest BCUT2D eigenvalue weighted by Gasteiger charge is 2.07. The molecule has 0 fully saturated rings. The van der Waals surface area contributed by atoms with Crippen LogP contribution < -0.4 is 15.8 Å². The van der Waals surface area contributed by atoms with Crippen molar-refractivity contribution in [1.82, 2.24) is 10.2 Å². The second-order valence-corrected chi connectivity index (χ2v) is 5.10. The lowest BCUT2D eigenvalue weighted by Crippen LogP contribution is -2.31. The van der Waals surface area contributed by atoms with E-state index in [1.165, 1.54) is 0 Å². The molecule has 1 aromatic rings. The summed E-state index contributed by atoms with van der Waals surface area (Å²) in [5.74, 6) is 0.380. The van der Waals surface area contributed by atoms with Gasteiger partial charge in [0.1, 0.15) is 10.7 Å². The largest absolute Gasteiger partial charge is 0.483 e. The first-order chi connectivity index (χ1) is 9.50. The molecule has 110 valence electrons. The lowest BCUT2D eigenvalue weighted by atomic mass is 10.2. The molecule has 0 aliphatic heterocycles. The Hall–Kier alpha value is -1.66. The molecule has 0 heterocycles. The molecule has 1 rings (SSSR count). The van der Waals surface area contributed by atoms with E-state index in [4.69, 9.17) is 22.7 Å². The molecule has 1 aromatic carbocycles. The van der Waals surface area contributed by atoms with E-state index in [1.807, 2.05) is 26.2 Å². The molecule has 0 bridgehead atoms. The van der Waals surface area contributed by atoms with Gasteiger partial charge < -0.3 is 20.7 Å². The number of hydrogen-bond acceptors (Lipinski definition) is 4. The maximum atomic E-state index is 11.6. The Labute approximate surface area is 125 Å². The number of rotatable bonds is 8. The van der Waals surface area contributed by atoms with Crippen molar-refractivity contribution in [1.29, 1.82) is 0 Å². The third kappa shape index (κ3) is 5.99. The van der Waals surface area contributed by atoms with Crippen LogP contribution in [0.1, 0.15) is 12.0 Å². The minimum absolute atomic E-state index is 0.0401. The van der Waals surface area contributed by atoms with E-state index in [2.05, 4.69) is 10.2 Å². The van der Waals surface area contributed by atoms with Crippen LogP contribution in [0.25, 0.3) is 0 Å². The van der Waals surface area contributed by atoms with Gasteiger partial charge in [0.25, 0.3) is 5.91 Å². The van der Waals surface area contributed by atoms with E-state index in [0.717, 1.165) is 13.0 Å². The number of nitrogens with two attached hydrogens (primary N) is 1. The van der Waals surface area contributed by atoms with Crippen LogP contribution in [0.3, 0.4) is 0 Å². The summed E-state index contributed by atoms with van der Waals surface area (Å²) >= 11 is 4.93. The number of thiocarbonyl (C=S) groups is 1. The zero-order chi connectivity index (χ0) is 15.0. The van der Waals surface area contributed by atoms with Gasteiger partial charge in [0, 0.05) is 6.54 Å². The van der Waals surface area contributed by atoms with E-state index >= 15 is 0 Å². The molecule has 5 nitrogen and oxygen atoms in total. The van der Waals surface area contributed by atoms with Crippen molar-refractivity contribution in [2.45, 2.75) is 6.42 Å². The van der Waals surface area contributed by atoms with Crippen LogP contribution in [0, 0.1) is 0 Å². The van der Waals surface area contributed by atoms with Crippen molar-refractivity contribution in [3.05, 3.63) is 29.8 Å². The summed E-state index contributed by atoms with van der Waals surface area (Å²) in [4.78, 5) is 14.0. The molecule has 0 saturated heterocycles. The summed E-state index contributed by atoms with van der Waals surface area (Å²) < 4.78 is 5.45. The summed E-state index contributed by atoms with van der Waals surface area (Å²) in [6.07, 6.45) is 0.905. The van der Waals surface area contributed by atoms with Crippen molar-refractivity contribution in [3.63, 3.8) is 0 Å². The van der Waals surface area contributed by atoms with Crippen LogP contribution in [-0.2, 0) is 4.79 Å². The molecule has 0 unspecified atom stereocenters. The second kappa shape index (κ2) is 8.50. The fourth-order valence-electron chi connectivity index (χ4n) is 1.61. The summed E-state index contributed by atoms with van der Waals surface area (Å²) in [6, 6.07) is 7.15. The smallest absolute Gasteiger partial charge is 0.257 e. The lowest BCUT2D eigenvalue weighted by molar-refractivity contribution is -0.123. The fraction of sp³-hybridized carbons (Fsp3) is 0.429. The summed E-state index contributed by atoms with van der Waals surface area (Å²) in [5.41, 5.74) is 6.24. The Morgan fingerprint density at radius 2 is 2.10 bits per heavy atom. The number of nitrogens with zero attached hydrogens (tertiary/aromatic N) is 1. The highest BCUT2D eigenvalue weighted by Crippen LogP contribution is 2.17. The predicted octanol–water partition coefficient (Wildman–Crippen LogP) is 0.768. The molecule has 20 heavy (non-hydrogen) atoms. The van der Waals surface area contributed by atoms with Crippen LogP contribution in [0.15, 0.2) is 24.3 Å². The van der Waals surface area contributed by atoms with E-state index in [0.29, 0.717) is 17.9 Å². The number of carbonyl (C=O) groups excluding carboxylic acids is 1. The Bertz CT molecular complexity index is 463. The molecule has 0 saturated carbocycles. The quantitative estimate of drug-likeness (QED) is 0.548. The topological polar surface area (TPSA) is 67.6 Å².